The Morgan fingerprint density at radius 2 is 1.50 bits per heavy atom. The number of hydrogen-bond donors (Lipinski definition) is 8. The Balaban J connectivity index is 1.80. The molecule has 4 amide bonds. The molecule has 0 aliphatic heterocycles. The first-order valence-electron chi connectivity index (χ1n) is 14.0. The number of aromatic hydroxyl groups is 1. The lowest BCUT2D eigenvalue weighted by Gasteiger charge is -2.25. The highest BCUT2D eigenvalue weighted by Crippen LogP contribution is 2.19. The molecule has 236 valence electrons. The van der Waals surface area contributed by atoms with E-state index in [1.54, 1.807) is 18.3 Å². The number of thioether (sulfide) groups is 1. The second-order valence-electron chi connectivity index (χ2n) is 10.3. The molecule has 0 saturated carbocycles. The van der Waals surface area contributed by atoms with Crippen molar-refractivity contribution in [1.82, 2.24) is 20.9 Å². The summed E-state index contributed by atoms with van der Waals surface area (Å²) in [5.74, 6) is -3.53. The fourth-order valence-electron chi connectivity index (χ4n) is 4.55. The minimum Gasteiger partial charge on any atom is -0.508 e. The average molecular weight is 627 g/mol. The fourth-order valence-corrected chi connectivity index (χ4v) is 5.04. The van der Waals surface area contributed by atoms with Crippen LogP contribution in [0.15, 0.2) is 54.7 Å². The number of primary amides is 1. The van der Waals surface area contributed by atoms with Gasteiger partial charge in [0, 0.05) is 36.4 Å². The van der Waals surface area contributed by atoms with Crippen molar-refractivity contribution in [3.05, 3.63) is 65.9 Å². The van der Waals surface area contributed by atoms with E-state index < -0.39 is 53.8 Å². The number of rotatable bonds is 17. The van der Waals surface area contributed by atoms with Crippen LogP contribution in [-0.4, -0.2) is 81.0 Å². The third-order valence-electron chi connectivity index (χ3n) is 7.00. The van der Waals surface area contributed by atoms with E-state index >= 15 is 0 Å². The van der Waals surface area contributed by atoms with Crippen molar-refractivity contribution in [1.29, 1.82) is 0 Å². The number of nitrogens with two attached hydrogens (primary N) is 2. The Kier molecular flexibility index (Phi) is 12.6. The number of fused-ring (bicyclic) bond motifs is 1. The number of aromatic nitrogens is 1. The molecule has 44 heavy (non-hydrogen) atoms. The summed E-state index contributed by atoms with van der Waals surface area (Å²) in [6, 6.07) is 8.57. The van der Waals surface area contributed by atoms with E-state index in [0.29, 0.717) is 23.3 Å². The Bertz CT molecular complexity index is 1460. The molecule has 0 bridgehead atoms. The highest BCUT2D eigenvalue weighted by molar-refractivity contribution is 7.98. The van der Waals surface area contributed by atoms with E-state index in [2.05, 4.69) is 20.9 Å². The first-order chi connectivity index (χ1) is 21.0. The Morgan fingerprint density at radius 1 is 0.864 bits per heavy atom. The molecule has 4 atom stereocenters. The maximum Gasteiger partial charge on any atom is 0.326 e. The number of hydrogen-bond acceptors (Lipinski definition) is 8. The molecule has 13 nitrogen and oxygen atoms in total. The molecule has 0 saturated heterocycles. The van der Waals surface area contributed by atoms with Gasteiger partial charge in [-0.15, -0.1) is 0 Å². The molecule has 0 aliphatic rings. The van der Waals surface area contributed by atoms with Gasteiger partial charge in [0.25, 0.3) is 0 Å². The van der Waals surface area contributed by atoms with Crippen LogP contribution in [0, 0.1) is 0 Å². The Morgan fingerprint density at radius 3 is 2.16 bits per heavy atom. The SMILES string of the molecule is CSCCC(N)C(=O)NC(Cc1ccc(O)cc1)C(=O)NC(CCC(N)=O)C(=O)NC(Cc1c[nH]c2ccccc12)C(=O)O. The molecule has 3 rings (SSSR count). The van der Waals surface area contributed by atoms with Crippen molar-refractivity contribution >= 4 is 52.3 Å². The van der Waals surface area contributed by atoms with Gasteiger partial charge in [0.15, 0.2) is 0 Å². The Labute approximate surface area is 258 Å². The van der Waals surface area contributed by atoms with Crippen molar-refractivity contribution in [2.45, 2.75) is 56.3 Å². The van der Waals surface area contributed by atoms with E-state index in [1.807, 2.05) is 30.5 Å². The molecule has 14 heteroatoms. The third-order valence-corrected chi connectivity index (χ3v) is 7.65. The summed E-state index contributed by atoms with van der Waals surface area (Å²) in [4.78, 5) is 66.5. The number of amides is 4. The zero-order chi connectivity index (χ0) is 32.2. The van der Waals surface area contributed by atoms with E-state index in [1.165, 1.54) is 23.9 Å². The number of benzene rings is 2. The fraction of sp³-hybridized carbons (Fsp3) is 0.367. The van der Waals surface area contributed by atoms with Crippen LogP contribution in [0.3, 0.4) is 0 Å². The number of carboxylic acids is 1. The Hall–Kier alpha value is -4.56. The number of para-hydroxylation sites is 1. The van der Waals surface area contributed by atoms with Crippen LogP contribution in [0.4, 0.5) is 0 Å². The zero-order valence-corrected chi connectivity index (χ0v) is 25.1. The topological polar surface area (TPSA) is 230 Å². The van der Waals surface area contributed by atoms with Crippen molar-refractivity contribution in [3.8, 4) is 5.75 Å². The largest absolute Gasteiger partial charge is 0.508 e. The zero-order valence-electron chi connectivity index (χ0n) is 24.2. The molecule has 0 fully saturated rings. The average Bonchev–Trinajstić information content (AvgIpc) is 3.40. The predicted octanol–water partition coefficient (Wildman–Crippen LogP) is 0.544. The quantitative estimate of drug-likeness (QED) is 0.104. The van der Waals surface area contributed by atoms with Crippen LogP contribution < -0.4 is 27.4 Å². The summed E-state index contributed by atoms with van der Waals surface area (Å²) >= 11 is 1.52. The number of nitrogens with one attached hydrogen (secondary N) is 4. The van der Waals surface area contributed by atoms with Gasteiger partial charge in [-0.2, -0.15) is 11.8 Å². The monoisotopic (exact) mass is 626 g/mol. The first-order valence-corrected chi connectivity index (χ1v) is 15.4. The number of phenols is 1. The van der Waals surface area contributed by atoms with Crippen LogP contribution in [0.5, 0.6) is 5.75 Å². The van der Waals surface area contributed by atoms with Crippen LogP contribution in [-0.2, 0) is 36.8 Å². The first kappa shape index (κ1) is 33.9. The molecular formula is C30H38N6O7S. The number of phenolic OH excluding ortho intramolecular Hbond substituents is 1. The normalized spacial score (nSPS) is 13.8. The predicted molar refractivity (Wildman–Crippen MR) is 167 cm³/mol. The molecular weight excluding hydrogens is 588 g/mol. The van der Waals surface area contributed by atoms with Crippen LogP contribution in [0.1, 0.15) is 30.4 Å². The molecule has 4 unspecified atom stereocenters. The molecule has 0 radical (unpaired) electrons. The number of carbonyl (C=O) groups excluding carboxylic acids is 4. The summed E-state index contributed by atoms with van der Waals surface area (Å²) in [7, 11) is 0. The summed E-state index contributed by atoms with van der Waals surface area (Å²) in [5, 5.41) is 28.0. The van der Waals surface area contributed by atoms with E-state index in [0.717, 1.165) is 10.9 Å². The van der Waals surface area contributed by atoms with E-state index in [9.17, 15) is 34.2 Å². The number of carboxylic acid groups (broad SMARTS) is 1. The van der Waals surface area contributed by atoms with Gasteiger partial charge in [-0.25, -0.2) is 4.79 Å². The van der Waals surface area contributed by atoms with E-state index in [-0.39, 0.29) is 31.4 Å². The summed E-state index contributed by atoms with van der Waals surface area (Å²) in [6.07, 6.45) is 3.38. The lowest BCUT2D eigenvalue weighted by atomic mass is 10.0. The number of H-pyrrole nitrogens is 1. The second-order valence-corrected chi connectivity index (χ2v) is 11.3. The molecule has 1 heterocycles. The van der Waals surface area contributed by atoms with Crippen molar-refractivity contribution in [3.63, 3.8) is 0 Å². The molecule has 0 spiro atoms. The molecule has 3 aromatic rings. The summed E-state index contributed by atoms with van der Waals surface area (Å²) in [5.41, 5.74) is 13.4. The maximum atomic E-state index is 13.5. The summed E-state index contributed by atoms with van der Waals surface area (Å²) in [6.45, 7) is 0. The van der Waals surface area contributed by atoms with Gasteiger partial charge in [0.05, 0.1) is 6.04 Å². The summed E-state index contributed by atoms with van der Waals surface area (Å²) < 4.78 is 0. The van der Waals surface area contributed by atoms with Crippen molar-refractivity contribution in [2.75, 3.05) is 12.0 Å². The van der Waals surface area contributed by atoms with Gasteiger partial charge in [-0.05, 0) is 54.2 Å². The smallest absolute Gasteiger partial charge is 0.326 e. The van der Waals surface area contributed by atoms with Crippen LogP contribution in [0.2, 0.25) is 0 Å². The molecule has 0 aliphatic carbocycles. The molecule has 2 aromatic carbocycles. The van der Waals surface area contributed by atoms with Crippen LogP contribution in [0.25, 0.3) is 10.9 Å². The lowest BCUT2D eigenvalue weighted by molar-refractivity contribution is -0.142. The number of aromatic amines is 1. The van der Waals surface area contributed by atoms with Gasteiger partial charge in [0.1, 0.15) is 23.9 Å². The van der Waals surface area contributed by atoms with Gasteiger partial charge < -0.3 is 42.6 Å². The van der Waals surface area contributed by atoms with Gasteiger partial charge in [0.2, 0.25) is 23.6 Å². The van der Waals surface area contributed by atoms with Crippen molar-refractivity contribution in [2.24, 2.45) is 11.5 Å². The van der Waals surface area contributed by atoms with Gasteiger partial charge >= 0.3 is 5.97 Å². The minimum absolute atomic E-state index is 0.00439. The number of aliphatic carboxylic acids is 1. The number of carbonyl (C=O) groups is 5. The molecule has 1 aromatic heterocycles. The highest BCUT2D eigenvalue weighted by atomic mass is 32.2. The van der Waals surface area contributed by atoms with E-state index in [4.69, 9.17) is 11.5 Å². The van der Waals surface area contributed by atoms with Crippen LogP contribution >= 0.6 is 11.8 Å². The minimum atomic E-state index is -1.35. The molecule has 10 N–H and O–H groups in total. The standard InChI is InChI=1S/C30H38N6O7S/c1-44-13-12-21(31)27(39)35-24(14-17-6-8-19(37)9-7-17)29(41)34-23(10-11-26(32)38)28(40)36-25(30(42)43)15-18-16-33-22-5-3-2-4-20(18)22/h2-9,16,21,23-25,33,37H,10-15,31H2,1H3,(H2,32,38)(H,34,41)(H,35,39)(H,36,40)(H,42,43). The van der Waals surface area contributed by atoms with Crippen molar-refractivity contribution < 1.29 is 34.2 Å². The lowest BCUT2D eigenvalue weighted by Crippen LogP contribution is -2.58. The second kappa shape index (κ2) is 16.3. The maximum absolute atomic E-state index is 13.5. The van der Waals surface area contributed by atoms with Gasteiger partial charge in [-0.3, -0.25) is 19.2 Å². The van der Waals surface area contributed by atoms with Gasteiger partial charge in [-0.1, -0.05) is 30.3 Å². The highest BCUT2D eigenvalue weighted by Gasteiger charge is 2.31. The third kappa shape index (κ3) is 10.0.